The van der Waals surface area contributed by atoms with Gasteiger partial charge in [0.2, 0.25) is 0 Å². The quantitative estimate of drug-likeness (QED) is 0.903. The molecule has 4 heteroatoms. The Kier molecular flexibility index (Phi) is 4.43. The summed E-state index contributed by atoms with van der Waals surface area (Å²) in [6, 6.07) is 10.2. The zero-order chi connectivity index (χ0) is 13.1. The molecule has 96 valence electrons. The Morgan fingerprint density at radius 3 is 2.72 bits per heavy atom. The predicted octanol–water partition coefficient (Wildman–Crippen LogP) is 4.42. The van der Waals surface area contributed by atoms with Gasteiger partial charge in [0.05, 0.1) is 3.79 Å². The number of hydrogen-bond donors (Lipinski definition) is 1. The average molecular weight is 326 g/mol. The van der Waals surface area contributed by atoms with E-state index < -0.39 is 0 Å². The molecule has 1 aromatic heterocycles. The summed E-state index contributed by atoms with van der Waals surface area (Å²) in [5, 5.41) is 0. The molecule has 0 aliphatic carbocycles. The third-order valence-corrected chi connectivity index (χ3v) is 4.26. The first-order valence-corrected chi connectivity index (χ1v) is 7.40. The number of ether oxygens (including phenoxy) is 1. The molecule has 1 unspecified atom stereocenters. The van der Waals surface area contributed by atoms with E-state index in [0.717, 1.165) is 15.1 Å². The van der Waals surface area contributed by atoms with Gasteiger partial charge in [0.25, 0.3) is 0 Å². The van der Waals surface area contributed by atoms with Crippen LogP contribution in [0.3, 0.4) is 0 Å². The Bertz CT molecular complexity index is 536. The highest BCUT2D eigenvalue weighted by molar-refractivity contribution is 9.11. The Morgan fingerprint density at radius 1 is 1.33 bits per heavy atom. The molecule has 0 amide bonds. The fourth-order valence-corrected chi connectivity index (χ4v) is 3.12. The van der Waals surface area contributed by atoms with Crippen LogP contribution in [-0.4, -0.2) is 0 Å². The van der Waals surface area contributed by atoms with Crippen molar-refractivity contribution in [3.63, 3.8) is 0 Å². The highest BCUT2D eigenvalue weighted by Crippen LogP contribution is 2.28. The first kappa shape index (κ1) is 13.6. The normalized spacial score (nSPS) is 12.4. The maximum absolute atomic E-state index is 5.95. The Morgan fingerprint density at radius 2 is 2.11 bits per heavy atom. The van der Waals surface area contributed by atoms with E-state index in [2.05, 4.69) is 35.0 Å². The fourth-order valence-electron chi connectivity index (χ4n) is 1.72. The second kappa shape index (κ2) is 5.87. The van der Waals surface area contributed by atoms with Gasteiger partial charge in [-0.25, -0.2) is 0 Å². The molecule has 0 saturated carbocycles. The van der Waals surface area contributed by atoms with Crippen LogP contribution in [0.4, 0.5) is 0 Å². The lowest BCUT2D eigenvalue weighted by Gasteiger charge is -2.14. The van der Waals surface area contributed by atoms with Crippen LogP contribution in [-0.2, 0) is 6.61 Å². The Balaban J connectivity index is 2.15. The van der Waals surface area contributed by atoms with Crippen LogP contribution >= 0.6 is 27.3 Å². The molecular formula is C14H16BrNOS. The van der Waals surface area contributed by atoms with Crippen molar-refractivity contribution in [2.24, 2.45) is 5.73 Å². The first-order valence-electron chi connectivity index (χ1n) is 5.79. The van der Waals surface area contributed by atoms with Gasteiger partial charge in [-0.15, -0.1) is 11.3 Å². The maximum Gasteiger partial charge on any atom is 0.124 e. The number of hydrogen-bond acceptors (Lipinski definition) is 3. The summed E-state index contributed by atoms with van der Waals surface area (Å²) in [5.41, 5.74) is 8.19. The molecule has 0 bridgehead atoms. The van der Waals surface area contributed by atoms with Crippen molar-refractivity contribution in [2.45, 2.75) is 26.5 Å². The third kappa shape index (κ3) is 3.34. The van der Waals surface area contributed by atoms with E-state index >= 15 is 0 Å². The molecule has 0 saturated heterocycles. The Labute approximate surface area is 120 Å². The van der Waals surface area contributed by atoms with Crippen LogP contribution in [0.1, 0.15) is 29.0 Å². The van der Waals surface area contributed by atoms with E-state index in [0.29, 0.717) is 6.61 Å². The molecule has 2 N–H and O–H groups in total. The van der Waals surface area contributed by atoms with Crippen molar-refractivity contribution in [1.82, 2.24) is 0 Å². The predicted molar refractivity (Wildman–Crippen MR) is 80.1 cm³/mol. The molecule has 2 nitrogen and oxygen atoms in total. The molecule has 1 aromatic carbocycles. The summed E-state index contributed by atoms with van der Waals surface area (Å²) >= 11 is 5.14. The number of benzene rings is 1. The SMILES string of the molecule is Cc1ccc(C(C)N)c(OCc2ccc(Br)s2)c1. The van der Waals surface area contributed by atoms with Crippen molar-refractivity contribution in [2.75, 3.05) is 0 Å². The second-order valence-electron chi connectivity index (χ2n) is 4.32. The third-order valence-electron chi connectivity index (χ3n) is 2.66. The van der Waals surface area contributed by atoms with E-state index in [-0.39, 0.29) is 6.04 Å². The van der Waals surface area contributed by atoms with Gasteiger partial charge in [-0.1, -0.05) is 12.1 Å². The van der Waals surface area contributed by atoms with Crippen LogP contribution in [0.2, 0.25) is 0 Å². The van der Waals surface area contributed by atoms with Crippen LogP contribution in [0.25, 0.3) is 0 Å². The zero-order valence-electron chi connectivity index (χ0n) is 10.4. The van der Waals surface area contributed by atoms with Crippen LogP contribution in [0.5, 0.6) is 5.75 Å². The van der Waals surface area contributed by atoms with Crippen LogP contribution in [0.15, 0.2) is 34.1 Å². The smallest absolute Gasteiger partial charge is 0.124 e. The molecule has 0 fully saturated rings. The van der Waals surface area contributed by atoms with Crippen molar-refractivity contribution < 1.29 is 4.74 Å². The average Bonchev–Trinajstić information content (AvgIpc) is 2.72. The van der Waals surface area contributed by atoms with Crippen LogP contribution < -0.4 is 10.5 Å². The van der Waals surface area contributed by atoms with E-state index in [9.17, 15) is 0 Å². The minimum absolute atomic E-state index is 0.0179. The highest BCUT2D eigenvalue weighted by atomic mass is 79.9. The lowest BCUT2D eigenvalue weighted by Crippen LogP contribution is -2.08. The van der Waals surface area contributed by atoms with Gasteiger partial charge < -0.3 is 10.5 Å². The summed E-state index contributed by atoms with van der Waals surface area (Å²) in [6.07, 6.45) is 0. The number of halogens is 1. The monoisotopic (exact) mass is 325 g/mol. The second-order valence-corrected chi connectivity index (χ2v) is 6.87. The molecule has 1 heterocycles. The van der Waals surface area contributed by atoms with Gasteiger partial charge >= 0.3 is 0 Å². The first-order chi connectivity index (χ1) is 8.56. The van der Waals surface area contributed by atoms with E-state index in [4.69, 9.17) is 10.5 Å². The molecular weight excluding hydrogens is 310 g/mol. The molecule has 0 radical (unpaired) electrons. The molecule has 1 atom stereocenters. The largest absolute Gasteiger partial charge is 0.488 e. The van der Waals surface area contributed by atoms with Crippen molar-refractivity contribution in [3.8, 4) is 5.75 Å². The highest BCUT2D eigenvalue weighted by Gasteiger charge is 2.09. The van der Waals surface area contributed by atoms with E-state index in [1.165, 1.54) is 10.4 Å². The number of thiophene rings is 1. The Hall–Kier alpha value is -0.840. The molecule has 0 aliphatic heterocycles. The van der Waals surface area contributed by atoms with Crippen molar-refractivity contribution >= 4 is 27.3 Å². The maximum atomic E-state index is 5.95. The lowest BCUT2D eigenvalue weighted by atomic mass is 10.1. The number of aryl methyl sites for hydroxylation is 1. The molecule has 0 aliphatic rings. The standard InChI is InChI=1S/C14H16BrNOS/c1-9-3-5-12(10(2)16)13(7-9)17-8-11-4-6-14(15)18-11/h3-7,10H,8,16H2,1-2H3. The van der Waals surface area contributed by atoms with Gasteiger partial charge in [-0.3, -0.25) is 0 Å². The molecule has 18 heavy (non-hydrogen) atoms. The zero-order valence-corrected chi connectivity index (χ0v) is 12.8. The molecule has 2 rings (SSSR count). The van der Waals surface area contributed by atoms with Gasteiger partial charge in [0.15, 0.2) is 0 Å². The summed E-state index contributed by atoms with van der Waals surface area (Å²) in [6.45, 7) is 4.61. The summed E-state index contributed by atoms with van der Waals surface area (Å²) in [4.78, 5) is 1.19. The number of rotatable bonds is 4. The topological polar surface area (TPSA) is 35.2 Å². The van der Waals surface area contributed by atoms with Gasteiger partial charge in [-0.2, -0.15) is 0 Å². The minimum atomic E-state index is -0.0179. The molecule has 0 spiro atoms. The minimum Gasteiger partial charge on any atom is -0.488 e. The van der Waals surface area contributed by atoms with Gasteiger partial charge in [0.1, 0.15) is 12.4 Å². The fraction of sp³-hybridized carbons (Fsp3) is 0.286. The van der Waals surface area contributed by atoms with Gasteiger partial charge in [0, 0.05) is 16.5 Å². The van der Waals surface area contributed by atoms with Crippen molar-refractivity contribution in [3.05, 3.63) is 50.1 Å². The summed E-state index contributed by atoms with van der Waals surface area (Å²) in [7, 11) is 0. The van der Waals surface area contributed by atoms with Crippen molar-refractivity contribution in [1.29, 1.82) is 0 Å². The molecule has 2 aromatic rings. The summed E-state index contributed by atoms with van der Waals surface area (Å²) < 4.78 is 7.01. The lowest BCUT2D eigenvalue weighted by molar-refractivity contribution is 0.305. The van der Waals surface area contributed by atoms with Crippen LogP contribution in [0, 0.1) is 6.92 Å². The number of nitrogens with two attached hydrogens (primary N) is 1. The van der Waals surface area contributed by atoms with Gasteiger partial charge in [-0.05, 0) is 53.5 Å². The van der Waals surface area contributed by atoms with E-state index in [1.54, 1.807) is 11.3 Å². The summed E-state index contributed by atoms with van der Waals surface area (Å²) in [5.74, 6) is 0.884. The van der Waals surface area contributed by atoms with E-state index in [1.807, 2.05) is 25.1 Å².